The third kappa shape index (κ3) is 3.16. The Morgan fingerprint density at radius 3 is 2.60 bits per heavy atom. The molecule has 3 unspecified atom stereocenters. The molecule has 2 rings (SSSR count). The third-order valence-electron chi connectivity index (χ3n) is 4.10. The van der Waals surface area contributed by atoms with Crippen molar-refractivity contribution in [2.75, 3.05) is 26.5 Å². The number of hydrogen-bond acceptors (Lipinski definition) is 4. The maximum atomic E-state index is 11.2. The van der Waals surface area contributed by atoms with Gasteiger partial charge in [0.05, 0.1) is 19.1 Å². The second-order valence-corrected chi connectivity index (χ2v) is 6.04. The molecule has 0 amide bonds. The van der Waals surface area contributed by atoms with Gasteiger partial charge in [-0.15, -0.1) is 11.8 Å². The number of nitrogens with zero attached hydrogens (tertiary/aromatic N) is 1. The predicted molar refractivity (Wildman–Crippen MR) is 80.1 cm³/mol. The third-order valence-corrected chi connectivity index (χ3v) is 4.84. The number of ether oxygens (including phenoxy) is 1. The molecule has 0 radical (unpaired) electrons. The van der Waals surface area contributed by atoms with E-state index in [1.54, 1.807) is 11.8 Å². The Kier molecular flexibility index (Phi) is 5.07. The quantitative estimate of drug-likeness (QED) is 0.846. The molecule has 1 aliphatic rings. The molecular formula is C15H21NO3S. The monoisotopic (exact) mass is 295 g/mol. The Bertz CT molecular complexity index is 463. The number of rotatable bonds is 5. The van der Waals surface area contributed by atoms with Gasteiger partial charge in [0, 0.05) is 17.0 Å². The van der Waals surface area contributed by atoms with E-state index >= 15 is 0 Å². The van der Waals surface area contributed by atoms with Crippen LogP contribution in [0, 0.1) is 5.92 Å². The summed E-state index contributed by atoms with van der Waals surface area (Å²) in [5.74, 6) is -1.21. The maximum Gasteiger partial charge on any atom is 0.310 e. The lowest BCUT2D eigenvalue weighted by Crippen LogP contribution is -2.42. The van der Waals surface area contributed by atoms with Gasteiger partial charge in [0.25, 0.3) is 0 Å². The SMILES string of the molecule is CSc1ccc(C(C)N(C)C2COCC2C(=O)O)cc1. The van der Waals surface area contributed by atoms with Crippen molar-refractivity contribution in [1.82, 2.24) is 4.90 Å². The first-order valence-corrected chi connectivity index (χ1v) is 7.93. The minimum atomic E-state index is -0.774. The van der Waals surface area contributed by atoms with E-state index in [1.165, 1.54) is 10.5 Å². The number of likely N-dealkylation sites (N-methyl/N-ethyl adjacent to an activating group) is 1. The zero-order valence-electron chi connectivity index (χ0n) is 12.1. The van der Waals surface area contributed by atoms with E-state index in [9.17, 15) is 9.90 Å². The zero-order valence-corrected chi connectivity index (χ0v) is 12.9. The van der Waals surface area contributed by atoms with Crippen LogP contribution in [0.15, 0.2) is 29.2 Å². The number of benzene rings is 1. The molecule has 1 aromatic rings. The van der Waals surface area contributed by atoms with E-state index in [-0.39, 0.29) is 12.1 Å². The molecule has 1 heterocycles. The predicted octanol–water partition coefficient (Wildman–Crippen LogP) is 2.50. The molecule has 0 spiro atoms. The van der Waals surface area contributed by atoms with Gasteiger partial charge < -0.3 is 9.84 Å². The van der Waals surface area contributed by atoms with E-state index in [1.807, 2.05) is 7.05 Å². The molecule has 0 aromatic heterocycles. The Morgan fingerprint density at radius 1 is 1.40 bits per heavy atom. The first-order chi connectivity index (χ1) is 9.54. The van der Waals surface area contributed by atoms with Crippen LogP contribution in [0.2, 0.25) is 0 Å². The Balaban J connectivity index is 2.10. The van der Waals surface area contributed by atoms with Gasteiger partial charge in [0.1, 0.15) is 0 Å². The van der Waals surface area contributed by atoms with Crippen molar-refractivity contribution in [1.29, 1.82) is 0 Å². The molecule has 1 saturated heterocycles. The summed E-state index contributed by atoms with van der Waals surface area (Å²) in [7, 11) is 1.97. The molecule has 1 N–H and O–H groups in total. The highest BCUT2D eigenvalue weighted by atomic mass is 32.2. The minimum Gasteiger partial charge on any atom is -0.481 e. The summed E-state index contributed by atoms with van der Waals surface area (Å²) >= 11 is 1.72. The second kappa shape index (κ2) is 6.61. The molecule has 0 aliphatic carbocycles. The smallest absolute Gasteiger partial charge is 0.310 e. The van der Waals surface area contributed by atoms with Gasteiger partial charge in [-0.25, -0.2) is 0 Å². The first-order valence-electron chi connectivity index (χ1n) is 6.71. The van der Waals surface area contributed by atoms with Crippen molar-refractivity contribution in [2.45, 2.75) is 23.9 Å². The zero-order chi connectivity index (χ0) is 14.7. The van der Waals surface area contributed by atoms with Crippen molar-refractivity contribution in [3.05, 3.63) is 29.8 Å². The fourth-order valence-corrected chi connectivity index (χ4v) is 2.99. The molecule has 3 atom stereocenters. The van der Waals surface area contributed by atoms with Gasteiger partial charge in [-0.2, -0.15) is 0 Å². The van der Waals surface area contributed by atoms with Crippen molar-refractivity contribution < 1.29 is 14.6 Å². The van der Waals surface area contributed by atoms with E-state index in [0.29, 0.717) is 13.2 Å². The molecule has 1 fully saturated rings. The standard InChI is InChI=1S/C15H21NO3S/c1-10(11-4-6-12(20-3)7-5-11)16(2)14-9-19-8-13(14)15(17)18/h4-7,10,13-14H,8-9H2,1-3H3,(H,17,18). The number of carbonyl (C=O) groups is 1. The Labute approximate surface area is 124 Å². The Hall–Kier alpha value is -1.04. The van der Waals surface area contributed by atoms with E-state index in [0.717, 1.165) is 0 Å². The maximum absolute atomic E-state index is 11.2. The van der Waals surface area contributed by atoms with Crippen LogP contribution in [-0.4, -0.2) is 48.5 Å². The normalized spacial score (nSPS) is 24.0. The van der Waals surface area contributed by atoms with Gasteiger partial charge in [0.15, 0.2) is 0 Å². The largest absolute Gasteiger partial charge is 0.481 e. The number of carboxylic acid groups (broad SMARTS) is 1. The van der Waals surface area contributed by atoms with Crippen LogP contribution in [0.25, 0.3) is 0 Å². The molecular weight excluding hydrogens is 274 g/mol. The fraction of sp³-hybridized carbons (Fsp3) is 0.533. The summed E-state index contributed by atoms with van der Waals surface area (Å²) in [4.78, 5) is 14.6. The highest BCUT2D eigenvalue weighted by molar-refractivity contribution is 7.98. The minimum absolute atomic E-state index is 0.0669. The van der Waals surface area contributed by atoms with Gasteiger partial charge in [-0.05, 0) is 37.9 Å². The molecule has 0 bridgehead atoms. The summed E-state index contributed by atoms with van der Waals surface area (Å²) in [6, 6.07) is 8.52. The molecule has 110 valence electrons. The van der Waals surface area contributed by atoms with Gasteiger partial charge in [-0.3, -0.25) is 9.69 Å². The second-order valence-electron chi connectivity index (χ2n) is 5.16. The van der Waals surface area contributed by atoms with Gasteiger partial charge >= 0.3 is 5.97 Å². The highest BCUT2D eigenvalue weighted by Crippen LogP contribution is 2.28. The molecule has 1 aliphatic heterocycles. The summed E-state index contributed by atoms with van der Waals surface area (Å²) in [6.45, 7) is 2.90. The van der Waals surface area contributed by atoms with E-state index in [4.69, 9.17) is 4.74 Å². The fourth-order valence-electron chi connectivity index (χ4n) is 2.59. The van der Waals surface area contributed by atoms with Gasteiger partial charge in [0.2, 0.25) is 0 Å². The summed E-state index contributed by atoms with van der Waals surface area (Å²) < 4.78 is 5.35. The number of carboxylic acids is 1. The van der Waals surface area contributed by atoms with Crippen LogP contribution in [0.1, 0.15) is 18.5 Å². The molecule has 5 heteroatoms. The summed E-state index contributed by atoms with van der Waals surface area (Å²) in [5.41, 5.74) is 1.20. The average Bonchev–Trinajstić information content (AvgIpc) is 2.95. The van der Waals surface area contributed by atoms with Crippen LogP contribution in [0.5, 0.6) is 0 Å². The molecule has 4 nitrogen and oxygen atoms in total. The lowest BCUT2D eigenvalue weighted by molar-refractivity contribution is -0.143. The first kappa shape index (κ1) is 15.4. The van der Waals surface area contributed by atoms with Crippen LogP contribution >= 0.6 is 11.8 Å². The van der Waals surface area contributed by atoms with E-state index in [2.05, 4.69) is 42.3 Å². The van der Waals surface area contributed by atoms with Crippen LogP contribution in [0.3, 0.4) is 0 Å². The van der Waals surface area contributed by atoms with Crippen molar-refractivity contribution >= 4 is 17.7 Å². The van der Waals surface area contributed by atoms with Crippen molar-refractivity contribution in [3.8, 4) is 0 Å². The molecule has 1 aromatic carbocycles. The van der Waals surface area contributed by atoms with Crippen LogP contribution < -0.4 is 0 Å². The average molecular weight is 295 g/mol. The number of hydrogen-bond donors (Lipinski definition) is 1. The number of thioether (sulfide) groups is 1. The van der Waals surface area contributed by atoms with E-state index < -0.39 is 11.9 Å². The van der Waals surface area contributed by atoms with Gasteiger partial charge in [-0.1, -0.05) is 12.1 Å². The molecule has 20 heavy (non-hydrogen) atoms. The number of aliphatic carboxylic acids is 1. The van der Waals surface area contributed by atoms with Crippen molar-refractivity contribution in [3.63, 3.8) is 0 Å². The highest BCUT2D eigenvalue weighted by Gasteiger charge is 2.38. The lowest BCUT2D eigenvalue weighted by Gasteiger charge is -2.32. The van der Waals surface area contributed by atoms with Crippen LogP contribution in [-0.2, 0) is 9.53 Å². The Morgan fingerprint density at radius 2 is 2.05 bits per heavy atom. The summed E-state index contributed by atoms with van der Waals surface area (Å²) in [5, 5.41) is 9.24. The molecule has 0 saturated carbocycles. The lowest BCUT2D eigenvalue weighted by atomic mass is 9.99. The topological polar surface area (TPSA) is 49.8 Å². The van der Waals surface area contributed by atoms with Crippen LogP contribution in [0.4, 0.5) is 0 Å². The summed E-state index contributed by atoms with van der Waals surface area (Å²) in [6.07, 6.45) is 2.05. The van der Waals surface area contributed by atoms with Crippen molar-refractivity contribution in [2.24, 2.45) is 5.92 Å².